The molecule has 5 rings (SSSR count). The molecule has 1 aliphatic heterocycles. The SMILES string of the molecule is C=CN(c1ncc2nc(-c3cnc[nH]3)n(C3CCOCC3)c2n1)c1cc(F)ccc1C. The van der Waals surface area contributed by atoms with Crippen molar-refractivity contribution in [3.8, 4) is 11.5 Å². The summed E-state index contributed by atoms with van der Waals surface area (Å²) in [6, 6.07) is 4.80. The van der Waals surface area contributed by atoms with Gasteiger partial charge >= 0.3 is 0 Å². The summed E-state index contributed by atoms with van der Waals surface area (Å²) in [5, 5.41) is 0. The van der Waals surface area contributed by atoms with Gasteiger partial charge in [0.1, 0.15) is 17.0 Å². The van der Waals surface area contributed by atoms with Gasteiger partial charge in [0.2, 0.25) is 5.95 Å². The number of nitrogens with one attached hydrogen (secondary N) is 1. The maximum Gasteiger partial charge on any atom is 0.236 e. The van der Waals surface area contributed by atoms with E-state index in [1.54, 1.807) is 35.9 Å². The molecule has 0 aliphatic carbocycles. The van der Waals surface area contributed by atoms with E-state index < -0.39 is 0 Å². The van der Waals surface area contributed by atoms with Crippen LogP contribution < -0.4 is 4.90 Å². The number of H-pyrrole nitrogens is 1. The zero-order chi connectivity index (χ0) is 21.4. The number of hydrogen-bond donors (Lipinski definition) is 1. The monoisotopic (exact) mass is 419 g/mol. The third-order valence-electron chi connectivity index (χ3n) is 5.54. The van der Waals surface area contributed by atoms with Crippen molar-refractivity contribution in [3.63, 3.8) is 0 Å². The van der Waals surface area contributed by atoms with Crippen molar-refractivity contribution < 1.29 is 9.13 Å². The minimum atomic E-state index is -0.331. The van der Waals surface area contributed by atoms with E-state index in [9.17, 15) is 4.39 Å². The van der Waals surface area contributed by atoms with Crippen LogP contribution in [0.3, 0.4) is 0 Å². The summed E-state index contributed by atoms with van der Waals surface area (Å²) >= 11 is 0. The van der Waals surface area contributed by atoms with Crippen LogP contribution in [0.25, 0.3) is 22.7 Å². The van der Waals surface area contributed by atoms with Gasteiger partial charge in [-0.2, -0.15) is 4.98 Å². The Balaban J connectivity index is 1.68. The van der Waals surface area contributed by atoms with E-state index in [4.69, 9.17) is 14.7 Å². The largest absolute Gasteiger partial charge is 0.381 e. The Labute approximate surface area is 178 Å². The third kappa shape index (κ3) is 3.46. The number of halogens is 1. The Hall–Kier alpha value is -3.59. The number of anilines is 2. The van der Waals surface area contributed by atoms with E-state index in [1.165, 1.54) is 12.1 Å². The molecule has 1 saturated heterocycles. The van der Waals surface area contributed by atoms with E-state index in [-0.39, 0.29) is 11.9 Å². The van der Waals surface area contributed by atoms with Crippen LogP contribution in [0.5, 0.6) is 0 Å². The Kier molecular flexibility index (Phi) is 4.95. The van der Waals surface area contributed by atoms with Gasteiger partial charge in [-0.3, -0.25) is 4.90 Å². The molecule has 4 aromatic rings. The summed E-state index contributed by atoms with van der Waals surface area (Å²) in [5.41, 5.74) is 3.73. The van der Waals surface area contributed by atoms with Gasteiger partial charge < -0.3 is 14.3 Å². The lowest BCUT2D eigenvalue weighted by molar-refractivity contribution is 0.0708. The molecular formula is C22H22FN7O. The summed E-state index contributed by atoms with van der Waals surface area (Å²) in [6.45, 7) is 7.18. The maximum absolute atomic E-state index is 13.9. The van der Waals surface area contributed by atoms with Gasteiger partial charge in [0, 0.05) is 25.5 Å². The van der Waals surface area contributed by atoms with Crippen molar-refractivity contribution in [1.29, 1.82) is 0 Å². The van der Waals surface area contributed by atoms with Crippen molar-refractivity contribution in [2.75, 3.05) is 18.1 Å². The second kappa shape index (κ2) is 7.92. The highest BCUT2D eigenvalue weighted by atomic mass is 19.1. The molecule has 3 aromatic heterocycles. The number of imidazole rings is 2. The van der Waals surface area contributed by atoms with Crippen LogP contribution in [0.4, 0.5) is 16.0 Å². The fraction of sp³-hybridized carbons (Fsp3) is 0.273. The lowest BCUT2D eigenvalue weighted by Crippen LogP contribution is -2.21. The van der Waals surface area contributed by atoms with Crippen molar-refractivity contribution >= 4 is 22.8 Å². The number of aryl methyl sites for hydroxylation is 1. The number of aromatic amines is 1. The second-order valence-electron chi connectivity index (χ2n) is 7.48. The van der Waals surface area contributed by atoms with Crippen molar-refractivity contribution in [3.05, 3.63) is 61.1 Å². The topological polar surface area (TPSA) is 84.8 Å². The number of ether oxygens (including phenoxy) is 1. The molecule has 0 bridgehead atoms. The van der Waals surface area contributed by atoms with Gasteiger partial charge in [-0.05, 0) is 37.5 Å². The first-order chi connectivity index (χ1) is 15.2. The molecule has 0 spiro atoms. The van der Waals surface area contributed by atoms with Crippen LogP contribution in [0, 0.1) is 12.7 Å². The molecule has 4 heterocycles. The van der Waals surface area contributed by atoms with E-state index in [1.807, 2.05) is 6.92 Å². The zero-order valence-electron chi connectivity index (χ0n) is 17.1. The lowest BCUT2D eigenvalue weighted by Gasteiger charge is -2.25. The molecule has 0 amide bonds. The fourth-order valence-electron chi connectivity index (χ4n) is 3.99. The highest BCUT2D eigenvalue weighted by Crippen LogP contribution is 2.33. The Morgan fingerprint density at radius 3 is 2.84 bits per heavy atom. The molecule has 1 aromatic carbocycles. The van der Waals surface area contributed by atoms with Gasteiger partial charge in [-0.15, -0.1) is 0 Å². The highest BCUT2D eigenvalue weighted by molar-refractivity contribution is 5.78. The van der Waals surface area contributed by atoms with E-state index >= 15 is 0 Å². The van der Waals surface area contributed by atoms with E-state index in [2.05, 4.69) is 26.1 Å². The third-order valence-corrected chi connectivity index (χ3v) is 5.54. The summed E-state index contributed by atoms with van der Waals surface area (Å²) in [6.07, 6.45) is 8.39. The van der Waals surface area contributed by atoms with Crippen LogP contribution in [-0.4, -0.2) is 42.7 Å². The number of benzene rings is 1. The number of aromatic nitrogens is 6. The number of nitrogens with zero attached hydrogens (tertiary/aromatic N) is 6. The molecule has 31 heavy (non-hydrogen) atoms. The molecule has 0 atom stereocenters. The lowest BCUT2D eigenvalue weighted by atomic mass is 10.1. The van der Waals surface area contributed by atoms with E-state index in [0.717, 1.165) is 29.9 Å². The Bertz CT molecular complexity index is 1230. The van der Waals surface area contributed by atoms with E-state index in [0.29, 0.717) is 36.0 Å². The predicted octanol–water partition coefficient (Wildman–Crippen LogP) is 4.30. The van der Waals surface area contributed by atoms with Crippen LogP contribution in [-0.2, 0) is 4.74 Å². The molecule has 1 aliphatic rings. The molecule has 0 saturated carbocycles. The zero-order valence-corrected chi connectivity index (χ0v) is 17.1. The molecule has 0 unspecified atom stereocenters. The molecule has 8 nitrogen and oxygen atoms in total. The number of fused-ring (bicyclic) bond motifs is 1. The summed E-state index contributed by atoms with van der Waals surface area (Å²) < 4.78 is 21.6. The first-order valence-corrected chi connectivity index (χ1v) is 10.1. The molecule has 1 N–H and O–H groups in total. The van der Waals surface area contributed by atoms with Gasteiger partial charge in [0.15, 0.2) is 11.5 Å². The van der Waals surface area contributed by atoms with Crippen LogP contribution in [0.15, 0.2) is 49.7 Å². The summed E-state index contributed by atoms with van der Waals surface area (Å²) in [5.74, 6) is 0.834. The van der Waals surface area contributed by atoms with Crippen LogP contribution >= 0.6 is 0 Å². The summed E-state index contributed by atoms with van der Waals surface area (Å²) in [4.78, 5) is 23.1. The maximum atomic E-state index is 13.9. The standard InChI is InChI=1S/C22H22FN7O/c1-3-29(19-10-15(23)5-4-14(19)2)22-25-12-18-21(28-22)30(16-6-8-31-9-7-16)20(27-18)17-11-24-13-26-17/h3-5,10-13,16H,1,6-9H2,2H3,(H,24,26). The molecule has 1 fully saturated rings. The first-order valence-electron chi connectivity index (χ1n) is 10.1. The fourth-order valence-corrected chi connectivity index (χ4v) is 3.99. The first kappa shape index (κ1) is 19.4. The smallest absolute Gasteiger partial charge is 0.236 e. The van der Waals surface area contributed by atoms with Gasteiger partial charge in [-0.25, -0.2) is 19.3 Å². The van der Waals surface area contributed by atoms with Crippen LogP contribution in [0.2, 0.25) is 0 Å². The quantitative estimate of drug-likeness (QED) is 0.519. The molecular weight excluding hydrogens is 397 g/mol. The van der Waals surface area contributed by atoms with Crippen molar-refractivity contribution in [1.82, 2.24) is 29.5 Å². The van der Waals surface area contributed by atoms with Crippen molar-refractivity contribution in [2.24, 2.45) is 0 Å². The minimum Gasteiger partial charge on any atom is -0.381 e. The summed E-state index contributed by atoms with van der Waals surface area (Å²) in [7, 11) is 0. The predicted molar refractivity (Wildman–Crippen MR) is 115 cm³/mol. The minimum absolute atomic E-state index is 0.188. The van der Waals surface area contributed by atoms with Crippen molar-refractivity contribution in [2.45, 2.75) is 25.8 Å². The molecule has 158 valence electrons. The highest BCUT2D eigenvalue weighted by Gasteiger charge is 2.25. The average molecular weight is 419 g/mol. The Morgan fingerprint density at radius 1 is 1.26 bits per heavy atom. The van der Waals surface area contributed by atoms with Gasteiger partial charge in [-0.1, -0.05) is 12.6 Å². The number of rotatable bonds is 5. The molecule has 9 heteroatoms. The Morgan fingerprint density at radius 2 is 2.10 bits per heavy atom. The second-order valence-corrected chi connectivity index (χ2v) is 7.48. The average Bonchev–Trinajstić information content (AvgIpc) is 3.45. The molecule has 0 radical (unpaired) electrons. The normalized spacial score (nSPS) is 14.8. The van der Waals surface area contributed by atoms with Crippen LogP contribution in [0.1, 0.15) is 24.4 Å². The number of hydrogen-bond acceptors (Lipinski definition) is 6. The van der Waals surface area contributed by atoms with Gasteiger partial charge in [0.05, 0.1) is 24.4 Å². The van der Waals surface area contributed by atoms with Gasteiger partial charge in [0.25, 0.3) is 0 Å².